The van der Waals surface area contributed by atoms with E-state index >= 15 is 0 Å². The lowest BCUT2D eigenvalue weighted by molar-refractivity contribution is -0.138. The van der Waals surface area contributed by atoms with Gasteiger partial charge in [0.05, 0.1) is 12.6 Å². The third-order valence-corrected chi connectivity index (χ3v) is 3.53. The van der Waals surface area contributed by atoms with Crippen molar-refractivity contribution < 1.29 is 14.6 Å². The summed E-state index contributed by atoms with van der Waals surface area (Å²) in [5, 5.41) is 8.79. The molecule has 1 aromatic rings. The average Bonchev–Trinajstić information content (AvgIpc) is 2.42. The van der Waals surface area contributed by atoms with Gasteiger partial charge in [0.15, 0.2) is 0 Å². The minimum absolute atomic E-state index is 0.148. The number of aliphatic carboxylic acids is 1. The van der Waals surface area contributed by atoms with Gasteiger partial charge in [-0.1, -0.05) is 12.1 Å². The highest BCUT2D eigenvalue weighted by Crippen LogP contribution is 2.15. The first kappa shape index (κ1) is 15.8. The number of carbonyl (C=O) groups is 1. The standard InChI is InChI=1S/C16H24N2O3/c1-13(2)21-15-5-3-14(4-6-15)11-17-7-9-18(10-8-17)12-16(19)20/h3-6,13H,7-12H2,1-2H3,(H,19,20). The summed E-state index contributed by atoms with van der Waals surface area (Å²) in [5.41, 5.74) is 1.26. The van der Waals surface area contributed by atoms with Gasteiger partial charge >= 0.3 is 5.97 Å². The summed E-state index contributed by atoms with van der Waals surface area (Å²) in [4.78, 5) is 15.0. The van der Waals surface area contributed by atoms with Gasteiger partial charge in [0.2, 0.25) is 0 Å². The first-order chi connectivity index (χ1) is 10.0. The van der Waals surface area contributed by atoms with Gasteiger partial charge in [-0.15, -0.1) is 0 Å². The van der Waals surface area contributed by atoms with Crippen LogP contribution in [0.1, 0.15) is 19.4 Å². The van der Waals surface area contributed by atoms with E-state index in [2.05, 4.69) is 17.0 Å². The highest BCUT2D eigenvalue weighted by Gasteiger charge is 2.18. The van der Waals surface area contributed by atoms with E-state index in [1.807, 2.05) is 30.9 Å². The number of nitrogens with zero attached hydrogens (tertiary/aromatic N) is 2. The van der Waals surface area contributed by atoms with Crippen LogP contribution in [0.25, 0.3) is 0 Å². The van der Waals surface area contributed by atoms with Gasteiger partial charge in [0.25, 0.3) is 0 Å². The minimum atomic E-state index is -0.746. The molecule has 1 heterocycles. The lowest BCUT2D eigenvalue weighted by Crippen LogP contribution is -2.47. The van der Waals surface area contributed by atoms with Gasteiger partial charge in [-0.3, -0.25) is 14.6 Å². The molecule has 1 saturated heterocycles. The molecule has 2 rings (SSSR count). The Morgan fingerprint density at radius 3 is 2.24 bits per heavy atom. The predicted octanol–water partition coefficient (Wildman–Crippen LogP) is 1.68. The highest BCUT2D eigenvalue weighted by atomic mass is 16.5. The Bertz CT molecular complexity index is 451. The van der Waals surface area contributed by atoms with Crippen LogP contribution in [0.2, 0.25) is 0 Å². The smallest absolute Gasteiger partial charge is 0.317 e. The number of benzene rings is 1. The predicted molar refractivity (Wildman–Crippen MR) is 81.6 cm³/mol. The summed E-state index contributed by atoms with van der Waals surface area (Å²) in [6, 6.07) is 8.22. The normalized spacial score (nSPS) is 17.1. The molecule has 21 heavy (non-hydrogen) atoms. The van der Waals surface area contributed by atoms with Crippen molar-refractivity contribution in [2.24, 2.45) is 0 Å². The summed E-state index contributed by atoms with van der Waals surface area (Å²) in [5.74, 6) is 0.157. The third kappa shape index (κ3) is 5.36. The molecule has 1 fully saturated rings. The number of carboxylic acids is 1. The van der Waals surface area contributed by atoms with E-state index in [-0.39, 0.29) is 12.6 Å². The van der Waals surface area contributed by atoms with Crippen LogP contribution in [0.15, 0.2) is 24.3 Å². The topological polar surface area (TPSA) is 53.0 Å². The molecular weight excluding hydrogens is 268 g/mol. The number of piperazine rings is 1. The number of ether oxygens (including phenoxy) is 1. The zero-order chi connectivity index (χ0) is 15.2. The molecule has 0 aromatic heterocycles. The molecule has 1 aliphatic heterocycles. The molecule has 1 aromatic carbocycles. The van der Waals surface area contributed by atoms with Crippen molar-refractivity contribution in [2.45, 2.75) is 26.5 Å². The quantitative estimate of drug-likeness (QED) is 0.864. The molecule has 0 bridgehead atoms. The van der Waals surface area contributed by atoms with Gasteiger partial charge in [0, 0.05) is 32.7 Å². The SMILES string of the molecule is CC(C)Oc1ccc(CN2CCN(CC(=O)O)CC2)cc1. The number of carboxylic acid groups (broad SMARTS) is 1. The van der Waals surface area contributed by atoms with Crippen molar-refractivity contribution in [1.82, 2.24) is 9.80 Å². The second-order valence-corrected chi connectivity index (χ2v) is 5.76. The fourth-order valence-corrected chi connectivity index (χ4v) is 2.50. The Morgan fingerprint density at radius 2 is 1.71 bits per heavy atom. The third-order valence-electron chi connectivity index (χ3n) is 3.53. The van der Waals surface area contributed by atoms with Gasteiger partial charge in [0.1, 0.15) is 5.75 Å². The Kier molecular flexibility index (Phi) is 5.59. The van der Waals surface area contributed by atoms with E-state index in [0.717, 1.165) is 38.5 Å². The second-order valence-electron chi connectivity index (χ2n) is 5.76. The molecular formula is C16H24N2O3. The van der Waals surface area contributed by atoms with Crippen molar-refractivity contribution in [3.05, 3.63) is 29.8 Å². The van der Waals surface area contributed by atoms with Gasteiger partial charge in [-0.2, -0.15) is 0 Å². The number of rotatable bonds is 6. The van der Waals surface area contributed by atoms with Crippen LogP contribution >= 0.6 is 0 Å². The Hall–Kier alpha value is -1.59. The lowest BCUT2D eigenvalue weighted by Gasteiger charge is -2.33. The van der Waals surface area contributed by atoms with Crippen LogP contribution in [0.5, 0.6) is 5.75 Å². The molecule has 5 heteroatoms. The van der Waals surface area contributed by atoms with Crippen LogP contribution in [0, 0.1) is 0 Å². The Labute approximate surface area is 126 Å². The number of hydrogen-bond donors (Lipinski definition) is 1. The first-order valence-corrected chi connectivity index (χ1v) is 7.45. The van der Waals surface area contributed by atoms with Crippen LogP contribution < -0.4 is 4.74 Å². The van der Waals surface area contributed by atoms with Crippen molar-refractivity contribution >= 4 is 5.97 Å². The van der Waals surface area contributed by atoms with Crippen LogP contribution in [0.4, 0.5) is 0 Å². The Balaban J connectivity index is 1.79. The largest absolute Gasteiger partial charge is 0.491 e. The summed E-state index contributed by atoms with van der Waals surface area (Å²) in [7, 11) is 0. The van der Waals surface area contributed by atoms with Crippen LogP contribution in [0.3, 0.4) is 0 Å². The molecule has 0 saturated carbocycles. The summed E-state index contributed by atoms with van der Waals surface area (Å²) < 4.78 is 5.63. The molecule has 1 N–H and O–H groups in total. The van der Waals surface area contributed by atoms with Gasteiger partial charge in [-0.25, -0.2) is 0 Å². The zero-order valence-electron chi connectivity index (χ0n) is 12.8. The van der Waals surface area contributed by atoms with Crippen molar-refractivity contribution in [3.8, 4) is 5.75 Å². The van der Waals surface area contributed by atoms with Crippen molar-refractivity contribution in [3.63, 3.8) is 0 Å². The van der Waals surface area contributed by atoms with E-state index in [1.165, 1.54) is 5.56 Å². The maximum Gasteiger partial charge on any atom is 0.317 e. The van der Waals surface area contributed by atoms with E-state index < -0.39 is 5.97 Å². The minimum Gasteiger partial charge on any atom is -0.491 e. The fraction of sp³-hybridized carbons (Fsp3) is 0.562. The first-order valence-electron chi connectivity index (χ1n) is 7.45. The molecule has 0 atom stereocenters. The van der Waals surface area contributed by atoms with Crippen molar-refractivity contribution in [1.29, 1.82) is 0 Å². The molecule has 0 radical (unpaired) electrons. The lowest BCUT2D eigenvalue weighted by atomic mass is 10.2. The van der Waals surface area contributed by atoms with Gasteiger partial charge in [-0.05, 0) is 31.5 Å². The summed E-state index contributed by atoms with van der Waals surface area (Å²) >= 11 is 0. The number of hydrogen-bond acceptors (Lipinski definition) is 4. The maximum absolute atomic E-state index is 10.7. The average molecular weight is 292 g/mol. The van der Waals surface area contributed by atoms with Crippen LogP contribution in [-0.2, 0) is 11.3 Å². The van der Waals surface area contributed by atoms with E-state index in [0.29, 0.717) is 0 Å². The molecule has 0 unspecified atom stereocenters. The summed E-state index contributed by atoms with van der Waals surface area (Å²) in [6.45, 7) is 8.56. The molecule has 0 amide bonds. The fourth-order valence-electron chi connectivity index (χ4n) is 2.50. The summed E-state index contributed by atoms with van der Waals surface area (Å²) in [6.07, 6.45) is 0.193. The second kappa shape index (κ2) is 7.43. The Morgan fingerprint density at radius 1 is 1.14 bits per heavy atom. The molecule has 5 nitrogen and oxygen atoms in total. The maximum atomic E-state index is 10.7. The monoisotopic (exact) mass is 292 g/mol. The van der Waals surface area contributed by atoms with Gasteiger partial charge < -0.3 is 9.84 Å². The highest BCUT2D eigenvalue weighted by molar-refractivity contribution is 5.69. The molecule has 116 valence electrons. The van der Waals surface area contributed by atoms with Crippen LogP contribution in [-0.4, -0.2) is 59.7 Å². The van der Waals surface area contributed by atoms with E-state index in [9.17, 15) is 4.79 Å². The van der Waals surface area contributed by atoms with Crippen molar-refractivity contribution in [2.75, 3.05) is 32.7 Å². The molecule has 0 aliphatic carbocycles. The molecule has 0 spiro atoms. The van der Waals surface area contributed by atoms with E-state index in [4.69, 9.17) is 9.84 Å². The molecule has 1 aliphatic rings. The van der Waals surface area contributed by atoms with E-state index in [1.54, 1.807) is 0 Å². The zero-order valence-corrected chi connectivity index (χ0v) is 12.8.